The van der Waals surface area contributed by atoms with Gasteiger partial charge in [-0.15, -0.1) is 11.8 Å². The predicted octanol–water partition coefficient (Wildman–Crippen LogP) is 4.56. The zero-order chi connectivity index (χ0) is 15.7. The van der Waals surface area contributed by atoms with E-state index in [9.17, 15) is 4.79 Å². The van der Waals surface area contributed by atoms with Crippen molar-refractivity contribution in [2.45, 2.75) is 31.4 Å². The molecule has 0 amide bonds. The number of benzene rings is 1. The quantitative estimate of drug-likeness (QED) is 0.392. The maximum absolute atomic E-state index is 11.6. The predicted molar refractivity (Wildman–Crippen MR) is 98.4 cm³/mol. The summed E-state index contributed by atoms with van der Waals surface area (Å²) in [5.74, 6) is 0.727. The first kappa shape index (κ1) is 18.5. The molecule has 21 heavy (non-hydrogen) atoms. The van der Waals surface area contributed by atoms with Gasteiger partial charge in [-0.3, -0.25) is 4.79 Å². The molecule has 1 aromatic rings. The fourth-order valence-electron chi connectivity index (χ4n) is 1.65. The van der Waals surface area contributed by atoms with Crippen molar-refractivity contribution in [2.24, 2.45) is 0 Å². The molecule has 0 N–H and O–H groups in total. The number of carbonyl (C=O) groups is 1. The number of ether oxygens (including phenoxy) is 1. The normalized spacial score (nSPS) is 11.2. The zero-order valence-corrected chi connectivity index (χ0v) is 15.2. The lowest BCUT2D eigenvalue weighted by Crippen LogP contribution is -2.20. The van der Waals surface area contributed by atoms with Gasteiger partial charge in [0.2, 0.25) is 0 Å². The molecule has 0 aliphatic rings. The molecule has 5 heteroatoms. The molecule has 0 unspecified atom stereocenters. The second-order valence-corrected chi connectivity index (χ2v) is 8.60. The highest BCUT2D eigenvalue weighted by Gasteiger charge is 2.23. The molecule has 0 aliphatic carbocycles. The summed E-state index contributed by atoms with van der Waals surface area (Å²) in [6.45, 7) is 4.72. The molecule has 0 atom stereocenters. The summed E-state index contributed by atoms with van der Waals surface area (Å²) in [6.07, 6.45) is 3.19. The molecule has 0 fully saturated rings. The van der Waals surface area contributed by atoms with Crippen LogP contribution in [0.1, 0.15) is 32.3 Å². The maximum atomic E-state index is 11.6. The van der Waals surface area contributed by atoms with E-state index < -0.39 is 0 Å². The van der Waals surface area contributed by atoms with Gasteiger partial charge in [-0.05, 0) is 18.2 Å². The minimum Gasteiger partial charge on any atom is -0.465 e. The lowest BCUT2D eigenvalue weighted by atomic mass is 10.1. The topological polar surface area (TPSA) is 26.3 Å². The molecule has 0 saturated carbocycles. The third-order valence-electron chi connectivity index (χ3n) is 2.86. The average molecular weight is 343 g/mol. The van der Waals surface area contributed by atoms with Gasteiger partial charge in [-0.1, -0.05) is 56.4 Å². The Kier molecular flexibility index (Phi) is 8.37. The molecule has 116 valence electrons. The molecule has 0 radical (unpaired) electrons. The van der Waals surface area contributed by atoms with E-state index >= 15 is 0 Å². The third-order valence-corrected chi connectivity index (χ3v) is 5.10. The van der Waals surface area contributed by atoms with Crippen molar-refractivity contribution < 1.29 is 9.53 Å². The van der Waals surface area contributed by atoms with Crippen LogP contribution in [0.4, 0.5) is 0 Å². The molecule has 2 nitrogen and oxygen atoms in total. The van der Waals surface area contributed by atoms with Crippen molar-refractivity contribution in [3.63, 3.8) is 0 Å². The van der Waals surface area contributed by atoms with Crippen molar-refractivity contribution in [1.29, 1.82) is 0 Å². The van der Waals surface area contributed by atoms with Crippen molar-refractivity contribution in [3.05, 3.63) is 35.9 Å². The Morgan fingerprint density at radius 2 is 1.95 bits per heavy atom. The van der Waals surface area contributed by atoms with Crippen LogP contribution in [0.15, 0.2) is 30.3 Å². The Morgan fingerprint density at radius 1 is 1.29 bits per heavy atom. The Hall–Kier alpha value is -0.520. The van der Waals surface area contributed by atoms with Gasteiger partial charge in [-0.2, -0.15) is 11.8 Å². The molecule has 0 aromatic heterocycles. The van der Waals surface area contributed by atoms with Gasteiger partial charge in [0.1, 0.15) is 6.61 Å². The van der Waals surface area contributed by atoms with Crippen LogP contribution in [0.2, 0.25) is 0 Å². The third kappa shape index (κ3) is 7.88. The van der Waals surface area contributed by atoms with Crippen LogP contribution < -0.4 is 0 Å². The summed E-state index contributed by atoms with van der Waals surface area (Å²) in [7, 11) is 0. The molecule has 0 bridgehead atoms. The largest absolute Gasteiger partial charge is 0.465 e. The molecular formula is C16H22O2S3. The summed E-state index contributed by atoms with van der Waals surface area (Å²) < 4.78 is 5.96. The Morgan fingerprint density at radius 3 is 2.57 bits per heavy atom. The van der Waals surface area contributed by atoms with Crippen LogP contribution in [0.25, 0.3) is 0 Å². The second kappa shape index (κ2) is 9.49. The molecule has 1 rings (SSSR count). The van der Waals surface area contributed by atoms with Crippen LogP contribution >= 0.6 is 35.7 Å². The first-order valence-corrected chi connectivity index (χ1v) is 9.49. The minimum atomic E-state index is -0.122. The molecule has 0 spiro atoms. The van der Waals surface area contributed by atoms with E-state index in [-0.39, 0.29) is 10.7 Å². The second-order valence-electron chi connectivity index (χ2n) is 5.23. The monoisotopic (exact) mass is 342 g/mol. The fraction of sp³-hybridized carbons (Fsp3) is 0.500. The summed E-state index contributed by atoms with van der Waals surface area (Å²) in [6, 6.07) is 9.98. The molecule has 0 heterocycles. The Labute approximate surface area is 141 Å². The Bertz CT molecular complexity index is 458. The summed E-state index contributed by atoms with van der Waals surface area (Å²) >= 11 is 8.80. The van der Waals surface area contributed by atoms with Crippen molar-refractivity contribution in [1.82, 2.24) is 0 Å². The highest BCUT2D eigenvalue weighted by molar-refractivity contribution is 8.24. The van der Waals surface area contributed by atoms with E-state index in [1.54, 1.807) is 23.5 Å². The molecular weight excluding hydrogens is 320 g/mol. The zero-order valence-electron chi connectivity index (χ0n) is 12.8. The van der Waals surface area contributed by atoms with E-state index in [0.29, 0.717) is 13.0 Å². The van der Waals surface area contributed by atoms with Crippen molar-refractivity contribution >= 4 is 45.9 Å². The van der Waals surface area contributed by atoms with Gasteiger partial charge >= 0.3 is 5.97 Å². The van der Waals surface area contributed by atoms with Crippen molar-refractivity contribution in [2.75, 3.05) is 18.6 Å². The number of hydrogen-bond donors (Lipinski definition) is 0. The van der Waals surface area contributed by atoms with Crippen LogP contribution in [0.3, 0.4) is 0 Å². The number of carbonyl (C=O) groups excluding carboxylic acids is 1. The van der Waals surface area contributed by atoms with E-state index in [4.69, 9.17) is 17.0 Å². The SMILES string of the molecule is CSCCOC(=O)CCC(C)(C)SC(=S)c1ccccc1. The van der Waals surface area contributed by atoms with Crippen molar-refractivity contribution in [3.8, 4) is 0 Å². The highest BCUT2D eigenvalue weighted by atomic mass is 32.2. The first-order valence-electron chi connectivity index (χ1n) is 6.87. The van der Waals surface area contributed by atoms with Gasteiger partial charge in [0.25, 0.3) is 0 Å². The van der Waals surface area contributed by atoms with E-state index in [1.165, 1.54) is 0 Å². The molecule has 0 saturated heterocycles. The lowest BCUT2D eigenvalue weighted by Gasteiger charge is -2.23. The highest BCUT2D eigenvalue weighted by Crippen LogP contribution is 2.33. The maximum Gasteiger partial charge on any atom is 0.305 e. The van der Waals surface area contributed by atoms with Gasteiger partial charge in [-0.25, -0.2) is 0 Å². The summed E-state index contributed by atoms with van der Waals surface area (Å²) in [4.78, 5) is 11.6. The van der Waals surface area contributed by atoms with Crippen LogP contribution in [0, 0.1) is 0 Å². The first-order chi connectivity index (χ1) is 9.94. The number of esters is 1. The van der Waals surface area contributed by atoms with E-state index in [2.05, 4.69) is 13.8 Å². The minimum absolute atomic E-state index is 0.0779. The van der Waals surface area contributed by atoms with E-state index in [0.717, 1.165) is 21.9 Å². The van der Waals surface area contributed by atoms with Gasteiger partial charge in [0.15, 0.2) is 0 Å². The standard InChI is InChI=1S/C16H22O2S3/c1-16(2,10-9-14(17)18-11-12-20-3)21-15(19)13-7-5-4-6-8-13/h4-8H,9-12H2,1-3H3. The average Bonchev–Trinajstić information content (AvgIpc) is 2.46. The fourth-order valence-corrected chi connectivity index (χ4v) is 3.67. The number of rotatable bonds is 8. The summed E-state index contributed by atoms with van der Waals surface area (Å²) in [5, 5.41) is 0. The number of hydrogen-bond acceptors (Lipinski definition) is 5. The summed E-state index contributed by atoms with van der Waals surface area (Å²) in [5.41, 5.74) is 1.06. The lowest BCUT2D eigenvalue weighted by molar-refractivity contribution is -0.143. The molecule has 0 aliphatic heterocycles. The van der Waals surface area contributed by atoms with Crippen LogP contribution in [0.5, 0.6) is 0 Å². The Balaban J connectivity index is 2.39. The number of thiocarbonyl (C=S) groups is 1. The smallest absolute Gasteiger partial charge is 0.305 e. The van der Waals surface area contributed by atoms with Crippen LogP contribution in [-0.4, -0.2) is 33.5 Å². The molecule has 1 aromatic carbocycles. The van der Waals surface area contributed by atoms with E-state index in [1.807, 2.05) is 36.6 Å². The van der Waals surface area contributed by atoms with Gasteiger partial charge in [0, 0.05) is 16.9 Å². The van der Waals surface area contributed by atoms with Gasteiger partial charge in [0.05, 0.1) is 4.20 Å². The van der Waals surface area contributed by atoms with Gasteiger partial charge < -0.3 is 4.74 Å². The number of thioether (sulfide) groups is 2. The van der Waals surface area contributed by atoms with Crippen LogP contribution in [-0.2, 0) is 9.53 Å².